The number of nitrogens with one attached hydrogen (secondary N) is 1. The van der Waals surface area contributed by atoms with Gasteiger partial charge in [-0.25, -0.2) is 8.78 Å². The van der Waals surface area contributed by atoms with Crippen molar-refractivity contribution in [2.75, 3.05) is 0 Å². The Morgan fingerprint density at radius 3 is 2.33 bits per heavy atom. The number of H-pyrrole nitrogens is 1. The molecule has 0 saturated heterocycles. The van der Waals surface area contributed by atoms with Gasteiger partial charge in [-0.15, -0.1) is 0 Å². The summed E-state index contributed by atoms with van der Waals surface area (Å²) < 4.78 is 26.6. The predicted octanol–water partition coefficient (Wildman–Crippen LogP) is 2.37. The number of aliphatic hydroxyl groups is 1. The van der Waals surface area contributed by atoms with E-state index in [1.807, 2.05) is 0 Å². The van der Waals surface area contributed by atoms with Gasteiger partial charge in [0.2, 0.25) is 0 Å². The summed E-state index contributed by atoms with van der Waals surface area (Å²) in [7, 11) is 0. The number of rotatable bonds is 2. The Morgan fingerprint density at radius 2 is 1.80 bits per heavy atom. The Hall–Kier alpha value is -1.68. The third-order valence-electron chi connectivity index (χ3n) is 2.21. The zero-order chi connectivity index (χ0) is 10.8. The lowest BCUT2D eigenvalue weighted by Gasteiger charge is -2.10. The smallest absolute Gasteiger partial charge is 0.132 e. The van der Waals surface area contributed by atoms with Crippen LogP contribution < -0.4 is 0 Å². The van der Waals surface area contributed by atoms with E-state index in [-0.39, 0.29) is 5.56 Å². The first-order valence-corrected chi connectivity index (χ1v) is 4.45. The predicted molar refractivity (Wildman–Crippen MR) is 51.2 cm³/mol. The summed E-state index contributed by atoms with van der Waals surface area (Å²) in [5, 5.41) is 9.74. The fraction of sp³-hybridized carbons (Fsp3) is 0.0909. The lowest BCUT2D eigenvalue weighted by atomic mass is 10.0. The van der Waals surface area contributed by atoms with Crippen LogP contribution in [-0.4, -0.2) is 10.1 Å². The van der Waals surface area contributed by atoms with Gasteiger partial charge in [0.05, 0.1) is 5.56 Å². The second-order valence-corrected chi connectivity index (χ2v) is 3.18. The Morgan fingerprint density at radius 1 is 1.13 bits per heavy atom. The third kappa shape index (κ3) is 1.76. The Balaban J connectivity index is 2.46. The summed E-state index contributed by atoms with van der Waals surface area (Å²) >= 11 is 0. The summed E-state index contributed by atoms with van der Waals surface area (Å²) in [5.74, 6) is -1.49. The lowest BCUT2D eigenvalue weighted by Crippen LogP contribution is -2.04. The first-order valence-electron chi connectivity index (χ1n) is 4.45. The average Bonchev–Trinajstić information content (AvgIpc) is 2.69. The maximum absolute atomic E-state index is 13.3. The maximum atomic E-state index is 13.3. The number of halogens is 2. The molecule has 2 aromatic rings. The average molecular weight is 209 g/mol. The number of hydrogen-bond donors (Lipinski definition) is 2. The van der Waals surface area contributed by atoms with Crippen molar-refractivity contribution in [3.05, 3.63) is 59.4 Å². The normalized spacial score (nSPS) is 12.7. The van der Waals surface area contributed by atoms with Crippen molar-refractivity contribution in [1.82, 2.24) is 4.98 Å². The van der Waals surface area contributed by atoms with Crippen LogP contribution in [0, 0.1) is 11.6 Å². The topological polar surface area (TPSA) is 36.0 Å². The van der Waals surface area contributed by atoms with Crippen molar-refractivity contribution >= 4 is 0 Å². The van der Waals surface area contributed by atoms with Gasteiger partial charge >= 0.3 is 0 Å². The van der Waals surface area contributed by atoms with Crippen LogP contribution in [0.2, 0.25) is 0 Å². The van der Waals surface area contributed by atoms with Gasteiger partial charge in [0.1, 0.15) is 17.7 Å². The van der Waals surface area contributed by atoms with Crippen LogP contribution in [0.15, 0.2) is 36.7 Å². The molecule has 0 aliphatic carbocycles. The van der Waals surface area contributed by atoms with Crippen LogP contribution in [0.4, 0.5) is 8.78 Å². The molecule has 0 amide bonds. The summed E-state index contributed by atoms with van der Waals surface area (Å²) in [5.41, 5.74) is 0.108. The van der Waals surface area contributed by atoms with E-state index in [4.69, 9.17) is 0 Å². The molecule has 15 heavy (non-hydrogen) atoms. The van der Waals surface area contributed by atoms with Crippen molar-refractivity contribution in [3.63, 3.8) is 0 Å². The first kappa shape index (κ1) is 9.86. The van der Waals surface area contributed by atoms with Crippen molar-refractivity contribution < 1.29 is 13.9 Å². The number of benzene rings is 1. The molecule has 0 bridgehead atoms. The Bertz CT molecular complexity index is 433. The highest BCUT2D eigenvalue weighted by atomic mass is 19.1. The monoisotopic (exact) mass is 209 g/mol. The number of hydrogen-bond acceptors (Lipinski definition) is 1. The van der Waals surface area contributed by atoms with E-state index in [2.05, 4.69) is 4.98 Å². The highest BCUT2D eigenvalue weighted by Gasteiger charge is 2.19. The second-order valence-electron chi connectivity index (χ2n) is 3.18. The van der Waals surface area contributed by atoms with E-state index in [0.717, 1.165) is 12.1 Å². The number of aromatic amines is 1. The van der Waals surface area contributed by atoms with Gasteiger partial charge in [-0.3, -0.25) is 0 Å². The quantitative estimate of drug-likeness (QED) is 0.782. The van der Waals surface area contributed by atoms with E-state index in [9.17, 15) is 13.9 Å². The van der Waals surface area contributed by atoms with Crippen molar-refractivity contribution in [2.24, 2.45) is 0 Å². The number of aromatic nitrogens is 1. The third-order valence-corrected chi connectivity index (χ3v) is 2.21. The molecular formula is C11H9F2NO. The molecule has 2 nitrogen and oxygen atoms in total. The van der Waals surface area contributed by atoms with Crippen LogP contribution in [0.3, 0.4) is 0 Å². The van der Waals surface area contributed by atoms with Gasteiger partial charge in [-0.05, 0) is 18.2 Å². The highest BCUT2D eigenvalue weighted by Crippen LogP contribution is 2.26. The molecule has 0 spiro atoms. The molecule has 1 atom stereocenters. The molecule has 0 aliphatic heterocycles. The summed E-state index contributed by atoms with van der Waals surface area (Å²) in [4.78, 5) is 2.71. The molecule has 1 unspecified atom stereocenters. The molecule has 1 aromatic carbocycles. The molecule has 1 aromatic heterocycles. The van der Waals surface area contributed by atoms with Gasteiger partial charge in [0, 0.05) is 18.0 Å². The SMILES string of the molecule is OC(c1cc[nH]c1)c1c(F)cccc1F. The van der Waals surface area contributed by atoms with Crippen molar-refractivity contribution in [3.8, 4) is 0 Å². The first-order chi connectivity index (χ1) is 7.20. The summed E-state index contributed by atoms with van der Waals surface area (Å²) in [6.45, 7) is 0. The van der Waals surface area contributed by atoms with Gasteiger partial charge in [-0.1, -0.05) is 6.07 Å². The van der Waals surface area contributed by atoms with Crippen LogP contribution in [0.5, 0.6) is 0 Å². The zero-order valence-corrected chi connectivity index (χ0v) is 7.74. The lowest BCUT2D eigenvalue weighted by molar-refractivity contribution is 0.209. The van der Waals surface area contributed by atoms with E-state index in [0.29, 0.717) is 5.56 Å². The largest absolute Gasteiger partial charge is 0.383 e. The summed E-state index contributed by atoms with van der Waals surface area (Å²) in [6, 6.07) is 5.07. The van der Waals surface area contributed by atoms with E-state index in [1.54, 1.807) is 12.3 Å². The van der Waals surface area contributed by atoms with E-state index in [1.165, 1.54) is 12.3 Å². The van der Waals surface area contributed by atoms with Crippen LogP contribution >= 0.6 is 0 Å². The molecular weight excluding hydrogens is 200 g/mol. The molecule has 0 aliphatic rings. The molecule has 78 valence electrons. The van der Waals surface area contributed by atoms with Crippen molar-refractivity contribution in [2.45, 2.75) is 6.10 Å². The van der Waals surface area contributed by atoms with Gasteiger partial charge in [-0.2, -0.15) is 0 Å². The molecule has 1 heterocycles. The minimum atomic E-state index is -1.28. The summed E-state index contributed by atoms with van der Waals surface area (Å²) in [6.07, 6.45) is 1.80. The second kappa shape index (κ2) is 3.82. The van der Waals surface area contributed by atoms with E-state index < -0.39 is 17.7 Å². The maximum Gasteiger partial charge on any atom is 0.132 e. The van der Waals surface area contributed by atoms with Gasteiger partial charge in [0.25, 0.3) is 0 Å². The molecule has 2 N–H and O–H groups in total. The molecule has 0 fully saturated rings. The number of aliphatic hydroxyl groups excluding tert-OH is 1. The van der Waals surface area contributed by atoms with Gasteiger partial charge in [0.15, 0.2) is 0 Å². The van der Waals surface area contributed by atoms with Crippen LogP contribution in [0.1, 0.15) is 17.2 Å². The highest BCUT2D eigenvalue weighted by molar-refractivity contribution is 5.30. The van der Waals surface area contributed by atoms with Crippen molar-refractivity contribution in [1.29, 1.82) is 0 Å². The molecule has 4 heteroatoms. The Kier molecular flexibility index (Phi) is 2.51. The van der Waals surface area contributed by atoms with Gasteiger partial charge < -0.3 is 10.1 Å². The van der Waals surface area contributed by atoms with Crippen LogP contribution in [0.25, 0.3) is 0 Å². The van der Waals surface area contributed by atoms with E-state index >= 15 is 0 Å². The molecule has 0 saturated carbocycles. The van der Waals surface area contributed by atoms with Crippen LogP contribution in [-0.2, 0) is 0 Å². The fourth-order valence-electron chi connectivity index (χ4n) is 1.45. The minimum Gasteiger partial charge on any atom is -0.383 e. The molecule has 2 rings (SSSR count). The standard InChI is InChI=1S/C11H9F2NO/c12-8-2-1-3-9(13)10(8)11(15)7-4-5-14-6-7/h1-6,11,14-15H. The molecule has 0 radical (unpaired) electrons. The Labute approximate surface area is 85.2 Å². The fourth-order valence-corrected chi connectivity index (χ4v) is 1.45. The zero-order valence-electron chi connectivity index (χ0n) is 7.74. The minimum absolute atomic E-state index is 0.322.